The molecule has 0 radical (unpaired) electrons. The van der Waals surface area contributed by atoms with Crippen molar-refractivity contribution in [2.24, 2.45) is 5.92 Å². The number of benzene rings is 3. The highest BCUT2D eigenvalue weighted by molar-refractivity contribution is 6.17. The summed E-state index contributed by atoms with van der Waals surface area (Å²) >= 11 is 0. The van der Waals surface area contributed by atoms with Crippen molar-refractivity contribution in [1.29, 1.82) is 0 Å². The molecule has 0 aliphatic carbocycles. The van der Waals surface area contributed by atoms with Gasteiger partial charge in [0.2, 0.25) is 0 Å². The molecule has 0 aliphatic heterocycles. The second-order valence-corrected chi connectivity index (χ2v) is 9.99. The third kappa shape index (κ3) is 6.48. The first-order valence-corrected chi connectivity index (χ1v) is 13.0. The number of rotatable bonds is 12. The number of carbonyl (C=O) groups excluding carboxylic acids is 1. The van der Waals surface area contributed by atoms with Gasteiger partial charge in [-0.3, -0.25) is 9.59 Å². The molecule has 4 aromatic rings. The van der Waals surface area contributed by atoms with Crippen LogP contribution in [0.25, 0.3) is 10.9 Å². The Balaban J connectivity index is 1.42. The number of para-hydroxylation sites is 1. The molecule has 0 amide bonds. The van der Waals surface area contributed by atoms with Crippen LogP contribution in [0.4, 0.5) is 0 Å². The predicted octanol–water partition coefficient (Wildman–Crippen LogP) is 6.87. The zero-order valence-corrected chi connectivity index (χ0v) is 21.9. The van der Waals surface area contributed by atoms with Gasteiger partial charge in [-0.2, -0.15) is 0 Å². The number of nitrogens with zero attached hydrogens (tertiary/aromatic N) is 1. The molecule has 37 heavy (non-hydrogen) atoms. The highest BCUT2D eigenvalue weighted by atomic mass is 16.5. The minimum absolute atomic E-state index is 0.0429. The first-order chi connectivity index (χ1) is 17.8. The molecule has 0 spiro atoms. The maximum atomic E-state index is 13.5. The van der Waals surface area contributed by atoms with Gasteiger partial charge in [0.15, 0.2) is 5.78 Å². The molecule has 0 fully saturated rings. The van der Waals surface area contributed by atoms with E-state index in [1.807, 2.05) is 55.5 Å². The van der Waals surface area contributed by atoms with E-state index in [1.165, 1.54) is 11.1 Å². The highest BCUT2D eigenvalue weighted by Crippen LogP contribution is 2.29. The minimum atomic E-state index is -0.813. The molecule has 1 heterocycles. The molecule has 0 atom stereocenters. The first kappa shape index (κ1) is 26.2. The van der Waals surface area contributed by atoms with Crippen LogP contribution in [-0.4, -0.2) is 28.0 Å². The fourth-order valence-electron chi connectivity index (χ4n) is 4.84. The average Bonchev–Trinajstić information content (AvgIpc) is 3.16. The Hall–Kier alpha value is -3.86. The summed E-state index contributed by atoms with van der Waals surface area (Å²) in [5.41, 5.74) is 5.68. The standard InChI is InChI=1S/C32H35NO4/c1-22(2)21-25-12-10-24(11-13-25)18-20-37-27-16-14-26(15-17-27)32(36)31-23(3)33(19-6-9-30(34)35)29-8-5-4-7-28(29)31/h4-5,7-8,10-17,22H,6,9,18-21H2,1-3H3,(H,34,35). The van der Waals surface area contributed by atoms with E-state index in [2.05, 4.69) is 42.7 Å². The van der Waals surface area contributed by atoms with E-state index in [9.17, 15) is 9.59 Å². The zero-order valence-electron chi connectivity index (χ0n) is 21.9. The molecule has 0 aliphatic rings. The summed E-state index contributed by atoms with van der Waals surface area (Å²) in [5, 5.41) is 9.90. The second-order valence-electron chi connectivity index (χ2n) is 9.99. The van der Waals surface area contributed by atoms with Crippen molar-refractivity contribution in [2.75, 3.05) is 6.61 Å². The van der Waals surface area contributed by atoms with Gasteiger partial charge in [0.1, 0.15) is 5.75 Å². The molecule has 1 aromatic heterocycles. The van der Waals surface area contributed by atoms with Crippen molar-refractivity contribution in [2.45, 2.75) is 53.0 Å². The minimum Gasteiger partial charge on any atom is -0.493 e. The smallest absolute Gasteiger partial charge is 0.303 e. The number of aromatic nitrogens is 1. The fourth-order valence-corrected chi connectivity index (χ4v) is 4.84. The Labute approximate surface area is 218 Å². The van der Waals surface area contributed by atoms with Crippen LogP contribution in [0.1, 0.15) is 59.4 Å². The molecule has 5 heteroatoms. The van der Waals surface area contributed by atoms with Crippen molar-refractivity contribution >= 4 is 22.7 Å². The summed E-state index contributed by atoms with van der Waals surface area (Å²) in [6.07, 6.45) is 2.52. The normalized spacial score (nSPS) is 11.2. The Morgan fingerprint density at radius 3 is 2.27 bits per heavy atom. The summed E-state index contributed by atoms with van der Waals surface area (Å²) in [7, 11) is 0. The van der Waals surface area contributed by atoms with Crippen LogP contribution < -0.4 is 4.74 Å². The second kappa shape index (κ2) is 11.9. The average molecular weight is 498 g/mol. The van der Waals surface area contributed by atoms with Gasteiger partial charge in [-0.1, -0.05) is 56.3 Å². The number of fused-ring (bicyclic) bond motifs is 1. The summed E-state index contributed by atoms with van der Waals surface area (Å²) in [4.78, 5) is 24.5. The lowest BCUT2D eigenvalue weighted by atomic mass is 10.0. The van der Waals surface area contributed by atoms with Gasteiger partial charge in [0.05, 0.1) is 12.2 Å². The van der Waals surface area contributed by atoms with E-state index in [1.54, 1.807) is 0 Å². The van der Waals surface area contributed by atoms with Crippen LogP contribution in [-0.2, 0) is 24.2 Å². The molecule has 4 rings (SSSR count). The van der Waals surface area contributed by atoms with Gasteiger partial charge in [-0.15, -0.1) is 0 Å². The lowest BCUT2D eigenvalue weighted by molar-refractivity contribution is -0.137. The number of carboxylic acid groups (broad SMARTS) is 1. The van der Waals surface area contributed by atoms with Crippen LogP contribution in [0.2, 0.25) is 0 Å². The summed E-state index contributed by atoms with van der Waals surface area (Å²) in [5.74, 6) is 0.530. The number of carboxylic acids is 1. The van der Waals surface area contributed by atoms with E-state index < -0.39 is 5.97 Å². The number of hydrogen-bond acceptors (Lipinski definition) is 3. The number of ketones is 1. The molecule has 5 nitrogen and oxygen atoms in total. The lowest BCUT2D eigenvalue weighted by Gasteiger charge is -2.09. The van der Waals surface area contributed by atoms with Gasteiger partial charge >= 0.3 is 5.97 Å². The number of aliphatic carboxylic acids is 1. The SMILES string of the molecule is Cc1c(C(=O)c2ccc(OCCc3ccc(CC(C)C)cc3)cc2)c2ccccc2n1CCCC(=O)O. The van der Waals surface area contributed by atoms with Gasteiger partial charge in [-0.25, -0.2) is 0 Å². The lowest BCUT2D eigenvalue weighted by Crippen LogP contribution is -2.07. The predicted molar refractivity (Wildman–Crippen MR) is 148 cm³/mol. The molecule has 0 unspecified atom stereocenters. The molecular weight excluding hydrogens is 462 g/mol. The molecule has 0 saturated carbocycles. The largest absolute Gasteiger partial charge is 0.493 e. The van der Waals surface area contributed by atoms with Crippen molar-refractivity contribution in [3.63, 3.8) is 0 Å². The number of aryl methyl sites for hydroxylation is 1. The molecule has 0 bridgehead atoms. The van der Waals surface area contributed by atoms with Crippen LogP contribution in [0.15, 0.2) is 72.8 Å². The van der Waals surface area contributed by atoms with Gasteiger partial charge in [0, 0.05) is 41.5 Å². The van der Waals surface area contributed by atoms with Crippen molar-refractivity contribution < 1.29 is 19.4 Å². The topological polar surface area (TPSA) is 68.5 Å². The molecule has 3 aromatic carbocycles. The quantitative estimate of drug-likeness (QED) is 0.217. The monoisotopic (exact) mass is 497 g/mol. The highest BCUT2D eigenvalue weighted by Gasteiger charge is 2.21. The number of ether oxygens (including phenoxy) is 1. The number of carbonyl (C=O) groups is 2. The van der Waals surface area contributed by atoms with Gasteiger partial charge < -0.3 is 14.4 Å². The van der Waals surface area contributed by atoms with E-state index in [0.29, 0.717) is 36.6 Å². The molecule has 0 saturated heterocycles. The van der Waals surface area contributed by atoms with Crippen LogP contribution in [0.5, 0.6) is 5.75 Å². The third-order valence-corrected chi connectivity index (χ3v) is 6.67. The van der Waals surface area contributed by atoms with Crippen molar-refractivity contribution in [1.82, 2.24) is 4.57 Å². The van der Waals surface area contributed by atoms with Crippen LogP contribution in [0.3, 0.4) is 0 Å². The third-order valence-electron chi connectivity index (χ3n) is 6.67. The maximum absolute atomic E-state index is 13.5. The fraction of sp³-hybridized carbons (Fsp3) is 0.312. The summed E-state index contributed by atoms with van der Waals surface area (Å²) < 4.78 is 8.00. The maximum Gasteiger partial charge on any atom is 0.303 e. The molecule has 1 N–H and O–H groups in total. The van der Waals surface area contributed by atoms with E-state index in [-0.39, 0.29) is 12.2 Å². The summed E-state index contributed by atoms with van der Waals surface area (Å²) in [6.45, 7) is 7.51. The number of hydrogen-bond donors (Lipinski definition) is 1. The van der Waals surface area contributed by atoms with Gasteiger partial charge in [0.25, 0.3) is 0 Å². The Morgan fingerprint density at radius 2 is 1.59 bits per heavy atom. The Kier molecular flexibility index (Phi) is 8.44. The van der Waals surface area contributed by atoms with E-state index >= 15 is 0 Å². The molecule has 192 valence electrons. The van der Waals surface area contributed by atoms with Crippen LogP contribution in [0, 0.1) is 12.8 Å². The van der Waals surface area contributed by atoms with Crippen molar-refractivity contribution in [3.05, 3.63) is 101 Å². The molecular formula is C32H35NO4. The summed E-state index contributed by atoms with van der Waals surface area (Å²) in [6, 6.07) is 23.9. The Morgan fingerprint density at radius 1 is 0.919 bits per heavy atom. The van der Waals surface area contributed by atoms with Crippen molar-refractivity contribution in [3.8, 4) is 5.75 Å². The van der Waals surface area contributed by atoms with Gasteiger partial charge in [-0.05, 0) is 67.1 Å². The first-order valence-electron chi connectivity index (χ1n) is 13.0. The Bertz CT molecular complexity index is 1360. The van der Waals surface area contributed by atoms with E-state index in [0.717, 1.165) is 35.2 Å². The van der Waals surface area contributed by atoms with Crippen LogP contribution >= 0.6 is 0 Å². The van der Waals surface area contributed by atoms with E-state index in [4.69, 9.17) is 9.84 Å². The zero-order chi connectivity index (χ0) is 26.4.